The minimum absolute atomic E-state index is 0.0234. The number of fused-ring (bicyclic) bond motifs is 2. The van der Waals surface area contributed by atoms with Crippen LogP contribution in [0.2, 0.25) is 0 Å². The Morgan fingerprint density at radius 2 is 1.86 bits per heavy atom. The molecule has 4 rings (SSSR count). The van der Waals surface area contributed by atoms with Gasteiger partial charge in [0, 0.05) is 37.0 Å². The van der Waals surface area contributed by atoms with Gasteiger partial charge in [-0.05, 0) is 54.1 Å². The van der Waals surface area contributed by atoms with Crippen molar-refractivity contribution in [2.24, 2.45) is 0 Å². The molecule has 0 unspecified atom stereocenters. The number of sulfonamides is 1. The molecule has 0 atom stereocenters. The molecule has 150 valence electrons. The van der Waals surface area contributed by atoms with Crippen LogP contribution in [-0.2, 0) is 26.8 Å². The summed E-state index contributed by atoms with van der Waals surface area (Å²) in [5, 5.41) is 2.13. The molecule has 2 aliphatic rings. The number of likely N-dealkylation sites (tertiary alicyclic amines) is 1. The Morgan fingerprint density at radius 1 is 1.18 bits per heavy atom. The lowest BCUT2D eigenvalue weighted by Crippen LogP contribution is -2.48. The summed E-state index contributed by atoms with van der Waals surface area (Å²) < 4.78 is 30.7. The topological polar surface area (TPSA) is 66.9 Å². The monoisotopic (exact) mass is 420 g/mol. The van der Waals surface area contributed by atoms with Crippen molar-refractivity contribution in [3.05, 3.63) is 51.7 Å². The highest BCUT2D eigenvalue weighted by Gasteiger charge is 2.42. The van der Waals surface area contributed by atoms with E-state index in [9.17, 15) is 13.2 Å². The predicted molar refractivity (Wildman–Crippen MR) is 110 cm³/mol. The summed E-state index contributed by atoms with van der Waals surface area (Å²) >= 11 is 1.79. The fourth-order valence-corrected chi connectivity index (χ4v) is 5.48. The normalized spacial score (nSPS) is 18.7. The molecule has 1 spiro atoms. The van der Waals surface area contributed by atoms with Crippen LogP contribution in [-0.4, -0.2) is 52.2 Å². The van der Waals surface area contributed by atoms with E-state index in [1.54, 1.807) is 35.6 Å². The number of anilines is 1. The second-order valence-electron chi connectivity index (χ2n) is 7.42. The first-order valence-corrected chi connectivity index (χ1v) is 12.1. The second-order valence-corrected chi connectivity index (χ2v) is 10.4. The lowest BCUT2D eigenvalue weighted by atomic mass is 9.82. The Kier molecular flexibility index (Phi) is 4.97. The van der Waals surface area contributed by atoms with Crippen molar-refractivity contribution in [1.82, 2.24) is 4.90 Å². The molecule has 2 aliphatic heterocycles. The van der Waals surface area contributed by atoms with Crippen LogP contribution in [0.4, 0.5) is 5.69 Å². The highest BCUT2D eigenvalue weighted by atomic mass is 32.2. The van der Waals surface area contributed by atoms with Crippen LogP contribution < -0.4 is 4.31 Å². The first-order chi connectivity index (χ1) is 13.3. The van der Waals surface area contributed by atoms with Crippen molar-refractivity contribution in [2.75, 3.05) is 37.3 Å². The molecule has 1 amide bonds. The SMILES string of the molecule is CN(c1ccc(C(=O)N2CCC3(CC2)OCCc2sccc23)cc1)S(C)(=O)=O. The molecule has 2 aromatic rings. The maximum Gasteiger partial charge on any atom is 0.253 e. The molecule has 0 radical (unpaired) electrons. The van der Waals surface area contributed by atoms with Crippen LogP contribution >= 0.6 is 11.3 Å². The molecule has 1 aromatic heterocycles. The number of carbonyl (C=O) groups excluding carboxylic acids is 1. The van der Waals surface area contributed by atoms with Gasteiger partial charge in [-0.25, -0.2) is 8.42 Å². The first kappa shape index (κ1) is 19.4. The fraction of sp³-hybridized carbons (Fsp3) is 0.450. The maximum absolute atomic E-state index is 12.9. The third-order valence-corrected chi connectivity index (χ3v) is 7.96. The van der Waals surface area contributed by atoms with Gasteiger partial charge in [0.2, 0.25) is 10.0 Å². The molecule has 1 fully saturated rings. The van der Waals surface area contributed by atoms with Crippen LogP contribution in [0.15, 0.2) is 35.7 Å². The molecule has 0 saturated carbocycles. The number of ether oxygens (including phenoxy) is 1. The molecule has 8 heteroatoms. The van der Waals surface area contributed by atoms with Gasteiger partial charge >= 0.3 is 0 Å². The van der Waals surface area contributed by atoms with E-state index in [-0.39, 0.29) is 11.5 Å². The number of thiophene rings is 1. The Morgan fingerprint density at radius 3 is 2.50 bits per heavy atom. The van der Waals surface area contributed by atoms with Crippen molar-refractivity contribution in [3.63, 3.8) is 0 Å². The fourth-order valence-electron chi connectivity index (χ4n) is 4.03. The van der Waals surface area contributed by atoms with Crippen molar-refractivity contribution in [2.45, 2.75) is 24.9 Å². The van der Waals surface area contributed by atoms with Gasteiger partial charge < -0.3 is 9.64 Å². The Balaban J connectivity index is 1.45. The smallest absolute Gasteiger partial charge is 0.253 e. The van der Waals surface area contributed by atoms with Crippen LogP contribution in [0.25, 0.3) is 0 Å². The van der Waals surface area contributed by atoms with E-state index in [1.807, 2.05) is 4.90 Å². The molecule has 1 aromatic carbocycles. The molecule has 6 nitrogen and oxygen atoms in total. The number of benzene rings is 1. The summed E-state index contributed by atoms with van der Waals surface area (Å²) in [6.07, 6.45) is 3.74. The lowest BCUT2D eigenvalue weighted by Gasteiger charge is -2.44. The third kappa shape index (κ3) is 3.44. The van der Waals surface area contributed by atoms with Gasteiger partial charge in [-0.2, -0.15) is 0 Å². The summed E-state index contributed by atoms with van der Waals surface area (Å²) in [6, 6.07) is 8.90. The van der Waals surface area contributed by atoms with E-state index in [1.165, 1.54) is 21.8 Å². The highest BCUT2D eigenvalue weighted by molar-refractivity contribution is 7.92. The Bertz CT molecular complexity index is 974. The molecule has 0 bridgehead atoms. The molecular weight excluding hydrogens is 396 g/mol. The van der Waals surface area contributed by atoms with Gasteiger partial charge in [0.05, 0.1) is 24.2 Å². The summed E-state index contributed by atoms with van der Waals surface area (Å²) in [7, 11) is -1.82. The number of carbonyl (C=O) groups is 1. The summed E-state index contributed by atoms with van der Waals surface area (Å²) in [5.41, 5.74) is 2.18. The molecular formula is C20H24N2O4S2. The Labute approximate surface area is 169 Å². The van der Waals surface area contributed by atoms with E-state index in [0.717, 1.165) is 32.1 Å². The van der Waals surface area contributed by atoms with Crippen molar-refractivity contribution < 1.29 is 17.9 Å². The molecule has 0 aliphatic carbocycles. The summed E-state index contributed by atoms with van der Waals surface area (Å²) in [4.78, 5) is 16.2. The van der Waals surface area contributed by atoms with E-state index in [0.29, 0.717) is 24.3 Å². The number of rotatable bonds is 3. The van der Waals surface area contributed by atoms with Gasteiger partial charge in [0.1, 0.15) is 0 Å². The van der Waals surface area contributed by atoms with E-state index in [2.05, 4.69) is 11.4 Å². The van der Waals surface area contributed by atoms with Gasteiger partial charge in [0.15, 0.2) is 0 Å². The van der Waals surface area contributed by atoms with Crippen LogP contribution in [0.1, 0.15) is 33.6 Å². The zero-order valence-corrected chi connectivity index (χ0v) is 17.7. The maximum atomic E-state index is 12.9. The lowest BCUT2D eigenvalue weighted by molar-refractivity contribution is -0.0926. The number of nitrogens with zero attached hydrogens (tertiary/aromatic N) is 2. The molecule has 28 heavy (non-hydrogen) atoms. The van der Waals surface area contributed by atoms with Gasteiger partial charge in [0.25, 0.3) is 5.91 Å². The van der Waals surface area contributed by atoms with Gasteiger partial charge in [-0.3, -0.25) is 9.10 Å². The largest absolute Gasteiger partial charge is 0.370 e. The van der Waals surface area contributed by atoms with E-state index < -0.39 is 10.0 Å². The van der Waals surface area contributed by atoms with Crippen LogP contribution in [0.3, 0.4) is 0 Å². The first-order valence-electron chi connectivity index (χ1n) is 9.34. The number of piperidine rings is 1. The summed E-state index contributed by atoms with van der Waals surface area (Å²) in [6.45, 7) is 2.05. The Hall–Kier alpha value is -1.90. The van der Waals surface area contributed by atoms with Crippen molar-refractivity contribution in [3.8, 4) is 0 Å². The van der Waals surface area contributed by atoms with Crippen molar-refractivity contribution in [1.29, 1.82) is 0 Å². The second kappa shape index (κ2) is 7.17. The number of hydrogen-bond acceptors (Lipinski definition) is 5. The summed E-state index contributed by atoms with van der Waals surface area (Å²) in [5.74, 6) is -0.0234. The third-order valence-electron chi connectivity index (χ3n) is 5.78. The van der Waals surface area contributed by atoms with E-state index >= 15 is 0 Å². The highest BCUT2D eigenvalue weighted by Crippen LogP contribution is 2.43. The number of hydrogen-bond donors (Lipinski definition) is 0. The van der Waals surface area contributed by atoms with Crippen LogP contribution in [0, 0.1) is 0 Å². The quantitative estimate of drug-likeness (QED) is 0.766. The van der Waals surface area contributed by atoms with Gasteiger partial charge in [-0.15, -0.1) is 11.3 Å². The predicted octanol–water partition coefficient (Wildman–Crippen LogP) is 2.85. The van der Waals surface area contributed by atoms with E-state index in [4.69, 9.17) is 4.74 Å². The minimum Gasteiger partial charge on any atom is -0.370 e. The van der Waals surface area contributed by atoms with Gasteiger partial charge in [-0.1, -0.05) is 0 Å². The standard InChI is InChI=1S/C20H24N2O4S2/c1-21(28(2,24)25)16-5-3-15(4-6-16)19(23)22-11-9-20(10-12-22)17-8-14-27-18(17)7-13-26-20/h3-6,8,14H,7,9-13H2,1-2H3. The zero-order valence-electron chi connectivity index (χ0n) is 16.1. The van der Waals surface area contributed by atoms with Crippen LogP contribution in [0.5, 0.6) is 0 Å². The number of amides is 1. The molecule has 3 heterocycles. The van der Waals surface area contributed by atoms with Crippen molar-refractivity contribution >= 4 is 33.0 Å². The average Bonchev–Trinajstić information content (AvgIpc) is 3.17. The minimum atomic E-state index is -3.32. The molecule has 1 saturated heterocycles. The average molecular weight is 421 g/mol. The molecule has 0 N–H and O–H groups in total. The zero-order chi connectivity index (χ0) is 19.9.